The summed E-state index contributed by atoms with van der Waals surface area (Å²) in [6.07, 6.45) is 3.54. The largest absolute Gasteiger partial charge is 0.355 e. The zero-order valence-electron chi connectivity index (χ0n) is 7.63. The summed E-state index contributed by atoms with van der Waals surface area (Å²) in [4.78, 5) is 0. The fraction of sp³-hybridized carbons (Fsp3) is 0.400. The minimum absolute atomic E-state index is 0.215. The molecular weight excluding hydrogens is 150 g/mol. The molecule has 0 radical (unpaired) electrons. The highest BCUT2D eigenvalue weighted by atomic mass is 16.5. The normalized spacial score (nSPS) is 24.9. The van der Waals surface area contributed by atoms with Crippen LogP contribution in [0.3, 0.4) is 0 Å². The summed E-state index contributed by atoms with van der Waals surface area (Å²) in [7, 11) is 0. The SMILES string of the molecule is C=C/C=C(/C)C1=C(C)C(N)OC1. The van der Waals surface area contributed by atoms with Crippen molar-refractivity contribution in [1.29, 1.82) is 0 Å². The predicted molar refractivity (Wildman–Crippen MR) is 50.6 cm³/mol. The Balaban J connectivity index is 2.89. The molecule has 12 heavy (non-hydrogen) atoms. The minimum Gasteiger partial charge on any atom is -0.355 e. The third kappa shape index (κ3) is 1.65. The Morgan fingerprint density at radius 3 is 2.83 bits per heavy atom. The van der Waals surface area contributed by atoms with Gasteiger partial charge < -0.3 is 10.5 Å². The van der Waals surface area contributed by atoms with Crippen LogP contribution in [0, 0.1) is 0 Å². The van der Waals surface area contributed by atoms with Crippen molar-refractivity contribution < 1.29 is 4.74 Å². The zero-order valence-corrected chi connectivity index (χ0v) is 7.63. The van der Waals surface area contributed by atoms with Gasteiger partial charge in [0.2, 0.25) is 0 Å². The van der Waals surface area contributed by atoms with E-state index in [9.17, 15) is 0 Å². The van der Waals surface area contributed by atoms with Crippen molar-refractivity contribution in [2.45, 2.75) is 20.1 Å². The number of ether oxygens (including phenoxy) is 1. The summed E-state index contributed by atoms with van der Waals surface area (Å²) >= 11 is 0. The molecule has 0 aliphatic carbocycles. The molecule has 2 nitrogen and oxygen atoms in total. The average molecular weight is 165 g/mol. The number of hydrogen-bond acceptors (Lipinski definition) is 2. The topological polar surface area (TPSA) is 35.2 Å². The third-order valence-corrected chi connectivity index (χ3v) is 2.15. The molecule has 66 valence electrons. The van der Waals surface area contributed by atoms with E-state index in [0.717, 1.165) is 5.57 Å². The molecule has 2 N–H and O–H groups in total. The van der Waals surface area contributed by atoms with Crippen molar-refractivity contribution in [1.82, 2.24) is 0 Å². The third-order valence-electron chi connectivity index (χ3n) is 2.15. The molecule has 0 fully saturated rings. The van der Waals surface area contributed by atoms with Gasteiger partial charge in [0.05, 0.1) is 6.61 Å². The standard InChI is InChI=1S/C10H15NO/c1-4-5-7(2)9-6-12-10(11)8(9)3/h4-5,10H,1,6,11H2,2-3H3/b7-5-. The molecule has 2 heteroatoms. The van der Waals surface area contributed by atoms with E-state index in [1.807, 2.05) is 19.9 Å². The maximum absolute atomic E-state index is 5.67. The number of nitrogens with two attached hydrogens (primary N) is 1. The first-order chi connectivity index (χ1) is 5.66. The molecule has 1 heterocycles. The zero-order chi connectivity index (χ0) is 9.14. The molecule has 0 saturated carbocycles. The van der Waals surface area contributed by atoms with E-state index in [1.165, 1.54) is 11.1 Å². The fourth-order valence-corrected chi connectivity index (χ4v) is 1.29. The lowest BCUT2D eigenvalue weighted by Crippen LogP contribution is -2.19. The van der Waals surface area contributed by atoms with Crippen LogP contribution >= 0.6 is 0 Å². The van der Waals surface area contributed by atoms with Gasteiger partial charge in [0.25, 0.3) is 0 Å². The van der Waals surface area contributed by atoms with E-state index < -0.39 is 0 Å². The van der Waals surface area contributed by atoms with Gasteiger partial charge in [-0.25, -0.2) is 0 Å². The predicted octanol–water partition coefficient (Wildman–Crippen LogP) is 1.75. The second kappa shape index (κ2) is 3.70. The molecule has 0 aromatic rings. The first kappa shape index (κ1) is 9.23. The van der Waals surface area contributed by atoms with E-state index in [2.05, 4.69) is 6.58 Å². The van der Waals surface area contributed by atoms with Crippen molar-refractivity contribution in [3.63, 3.8) is 0 Å². The number of hydrogen-bond donors (Lipinski definition) is 1. The van der Waals surface area contributed by atoms with Crippen LogP contribution in [-0.4, -0.2) is 12.8 Å². The quantitative estimate of drug-likeness (QED) is 0.633. The summed E-state index contributed by atoms with van der Waals surface area (Å²) in [5.74, 6) is 0. The number of rotatable bonds is 2. The van der Waals surface area contributed by atoms with Gasteiger partial charge in [-0.2, -0.15) is 0 Å². The number of allylic oxidation sites excluding steroid dienone is 2. The molecule has 0 spiro atoms. The average Bonchev–Trinajstić information content (AvgIpc) is 2.34. The van der Waals surface area contributed by atoms with Crippen LogP contribution in [0.1, 0.15) is 13.8 Å². The van der Waals surface area contributed by atoms with Gasteiger partial charge in [-0.3, -0.25) is 0 Å². The van der Waals surface area contributed by atoms with Crippen LogP contribution in [0.4, 0.5) is 0 Å². The highest BCUT2D eigenvalue weighted by molar-refractivity contribution is 5.39. The van der Waals surface area contributed by atoms with Crippen molar-refractivity contribution in [3.8, 4) is 0 Å². The Morgan fingerprint density at radius 2 is 2.42 bits per heavy atom. The van der Waals surface area contributed by atoms with Crippen LogP contribution in [0.25, 0.3) is 0 Å². The molecule has 1 atom stereocenters. The van der Waals surface area contributed by atoms with Crippen molar-refractivity contribution in [3.05, 3.63) is 35.5 Å². The van der Waals surface area contributed by atoms with Gasteiger partial charge in [-0.05, 0) is 30.6 Å². The highest BCUT2D eigenvalue weighted by Gasteiger charge is 2.19. The summed E-state index contributed by atoms with van der Waals surface area (Å²) in [6.45, 7) is 8.32. The van der Waals surface area contributed by atoms with Gasteiger partial charge in [0.1, 0.15) is 6.23 Å². The molecule has 0 aromatic heterocycles. The second-order valence-corrected chi connectivity index (χ2v) is 2.98. The summed E-state index contributed by atoms with van der Waals surface area (Å²) in [5, 5.41) is 0. The van der Waals surface area contributed by atoms with E-state index in [-0.39, 0.29) is 6.23 Å². The molecular formula is C10H15NO. The first-order valence-electron chi connectivity index (χ1n) is 4.03. The molecule has 1 rings (SSSR count). The van der Waals surface area contributed by atoms with Crippen LogP contribution in [-0.2, 0) is 4.74 Å². The van der Waals surface area contributed by atoms with E-state index >= 15 is 0 Å². The van der Waals surface area contributed by atoms with Crippen molar-refractivity contribution in [2.24, 2.45) is 5.73 Å². The maximum atomic E-state index is 5.67. The molecule has 1 aliphatic heterocycles. The first-order valence-corrected chi connectivity index (χ1v) is 4.03. The maximum Gasteiger partial charge on any atom is 0.128 e. The summed E-state index contributed by atoms with van der Waals surface area (Å²) in [5.41, 5.74) is 9.20. The summed E-state index contributed by atoms with van der Waals surface area (Å²) < 4.78 is 5.27. The Hall–Kier alpha value is -0.860. The minimum atomic E-state index is -0.215. The lowest BCUT2D eigenvalue weighted by molar-refractivity contribution is 0.125. The Kier molecular flexibility index (Phi) is 2.84. The van der Waals surface area contributed by atoms with E-state index in [1.54, 1.807) is 6.08 Å². The Labute approximate surface area is 73.4 Å². The lowest BCUT2D eigenvalue weighted by atomic mass is 10.0. The van der Waals surface area contributed by atoms with E-state index in [4.69, 9.17) is 10.5 Å². The smallest absolute Gasteiger partial charge is 0.128 e. The molecule has 0 amide bonds. The van der Waals surface area contributed by atoms with Gasteiger partial charge >= 0.3 is 0 Å². The Bertz CT molecular complexity index is 251. The Morgan fingerprint density at radius 1 is 1.75 bits per heavy atom. The van der Waals surface area contributed by atoms with Gasteiger partial charge in [0, 0.05) is 0 Å². The highest BCUT2D eigenvalue weighted by Crippen LogP contribution is 2.23. The summed E-state index contributed by atoms with van der Waals surface area (Å²) in [6, 6.07) is 0. The molecule has 1 aliphatic rings. The molecule has 0 bridgehead atoms. The molecule has 1 unspecified atom stereocenters. The van der Waals surface area contributed by atoms with Gasteiger partial charge in [-0.15, -0.1) is 0 Å². The molecule has 0 saturated heterocycles. The molecule has 0 aromatic carbocycles. The van der Waals surface area contributed by atoms with Gasteiger partial charge in [-0.1, -0.05) is 18.7 Å². The van der Waals surface area contributed by atoms with Crippen LogP contribution < -0.4 is 5.73 Å². The lowest BCUT2D eigenvalue weighted by Gasteiger charge is -2.02. The second-order valence-electron chi connectivity index (χ2n) is 2.98. The van der Waals surface area contributed by atoms with Crippen LogP contribution in [0.2, 0.25) is 0 Å². The van der Waals surface area contributed by atoms with Crippen molar-refractivity contribution >= 4 is 0 Å². The monoisotopic (exact) mass is 165 g/mol. The van der Waals surface area contributed by atoms with E-state index in [0.29, 0.717) is 6.61 Å². The van der Waals surface area contributed by atoms with Crippen molar-refractivity contribution in [2.75, 3.05) is 6.61 Å². The van der Waals surface area contributed by atoms with Crippen LogP contribution in [0.15, 0.2) is 35.5 Å². The van der Waals surface area contributed by atoms with Crippen LogP contribution in [0.5, 0.6) is 0 Å². The van der Waals surface area contributed by atoms with Gasteiger partial charge in [0.15, 0.2) is 0 Å². The fourth-order valence-electron chi connectivity index (χ4n) is 1.29.